The minimum Gasteiger partial charge on any atom is -0.497 e. The Morgan fingerprint density at radius 1 is 0.794 bits per heavy atom. The highest BCUT2D eigenvalue weighted by Gasteiger charge is 2.14. The third kappa shape index (κ3) is 4.21. The number of carbonyl (C=O) groups is 1. The van der Waals surface area contributed by atoms with E-state index in [2.05, 4.69) is 17.1 Å². The summed E-state index contributed by atoms with van der Waals surface area (Å²) in [5.74, 6) is 0.805. The summed E-state index contributed by atoms with van der Waals surface area (Å²) in [6, 6.07) is 26.6. The lowest BCUT2D eigenvalue weighted by molar-refractivity contribution is 0.0772. The average Bonchev–Trinajstić information content (AvgIpc) is 2.92. The van der Waals surface area contributed by atoms with E-state index in [-0.39, 0.29) is 0 Å². The molecule has 166 valence electrons. The predicted molar refractivity (Wildman–Crippen MR) is 135 cm³/mol. The van der Waals surface area contributed by atoms with Gasteiger partial charge in [-0.1, -0.05) is 54.6 Å². The van der Waals surface area contributed by atoms with Gasteiger partial charge in [0.25, 0.3) is 0 Å². The van der Waals surface area contributed by atoms with E-state index in [1.807, 2.05) is 72.8 Å². The van der Waals surface area contributed by atoms with Crippen LogP contribution >= 0.6 is 12.9 Å². The molecule has 0 atom stereocenters. The number of carbonyl (C=O) groups excluding carboxylic acids is 1. The van der Waals surface area contributed by atoms with Crippen LogP contribution < -0.4 is 4.74 Å². The van der Waals surface area contributed by atoms with E-state index in [9.17, 15) is 4.79 Å². The lowest BCUT2D eigenvalue weighted by Gasteiger charge is -2.11. The number of pyridine rings is 1. The first-order valence-electron chi connectivity index (χ1n) is 10.5. The van der Waals surface area contributed by atoms with Gasteiger partial charge < -0.3 is 8.92 Å². The maximum atomic E-state index is 11.7. The monoisotopic (exact) mass is 465 g/mol. The number of hydrogen-bond acceptors (Lipinski definition) is 7. The van der Waals surface area contributed by atoms with Crippen LogP contribution in [0.2, 0.25) is 0 Å². The molecule has 0 amide bonds. The molecule has 5 aromatic rings. The molecule has 7 heteroatoms. The van der Waals surface area contributed by atoms with Crippen LogP contribution in [0.5, 0.6) is 5.75 Å². The van der Waals surface area contributed by atoms with Gasteiger partial charge in [-0.3, -0.25) is 4.98 Å². The summed E-state index contributed by atoms with van der Waals surface area (Å²) in [4.78, 5) is 26.1. The van der Waals surface area contributed by atoms with E-state index < -0.39 is 5.97 Å². The fraction of sp³-hybridized carbons (Fsp3) is 0.0370. The van der Waals surface area contributed by atoms with Crippen molar-refractivity contribution in [1.29, 1.82) is 0 Å². The van der Waals surface area contributed by atoms with Gasteiger partial charge in [-0.15, -0.1) is 0 Å². The SMILES string of the molecule is COc1cccc(-c2nc(-c3ccccc3)c3ncc(-c4ccc(C(=O)OS)cc4)cc3n2)c1. The zero-order chi connectivity index (χ0) is 23.5. The second-order valence-corrected chi connectivity index (χ2v) is 7.72. The summed E-state index contributed by atoms with van der Waals surface area (Å²) in [6.45, 7) is 0. The van der Waals surface area contributed by atoms with Gasteiger partial charge in [0.05, 0.1) is 18.2 Å². The van der Waals surface area contributed by atoms with E-state index in [0.717, 1.165) is 33.7 Å². The maximum absolute atomic E-state index is 11.7. The van der Waals surface area contributed by atoms with E-state index in [1.54, 1.807) is 25.4 Å². The van der Waals surface area contributed by atoms with Crippen LogP contribution in [0, 0.1) is 0 Å². The normalized spacial score (nSPS) is 10.8. The van der Waals surface area contributed by atoms with E-state index in [1.165, 1.54) is 0 Å². The smallest absolute Gasteiger partial charge is 0.349 e. The Morgan fingerprint density at radius 2 is 1.56 bits per heavy atom. The van der Waals surface area contributed by atoms with E-state index in [4.69, 9.17) is 19.7 Å². The van der Waals surface area contributed by atoms with Crippen LogP contribution in [0.1, 0.15) is 10.4 Å². The molecule has 0 aliphatic rings. The molecule has 0 saturated carbocycles. The molecular formula is C27H19N3O3S. The third-order valence-electron chi connectivity index (χ3n) is 5.45. The number of nitrogens with zero attached hydrogens (tertiary/aromatic N) is 3. The molecule has 2 heterocycles. The Hall–Kier alpha value is -4.23. The van der Waals surface area contributed by atoms with Crippen molar-refractivity contribution < 1.29 is 13.7 Å². The lowest BCUT2D eigenvalue weighted by Crippen LogP contribution is -1.98. The number of methoxy groups -OCH3 is 1. The fourth-order valence-electron chi connectivity index (χ4n) is 3.72. The molecule has 0 spiro atoms. The van der Waals surface area contributed by atoms with Crippen molar-refractivity contribution in [3.8, 4) is 39.5 Å². The highest BCUT2D eigenvalue weighted by atomic mass is 32.1. The van der Waals surface area contributed by atoms with Gasteiger partial charge in [0, 0.05) is 35.8 Å². The number of benzene rings is 3. The number of ether oxygens (including phenoxy) is 1. The largest absolute Gasteiger partial charge is 0.497 e. The van der Waals surface area contributed by atoms with Crippen molar-refractivity contribution in [3.63, 3.8) is 0 Å². The van der Waals surface area contributed by atoms with Crippen LogP contribution in [-0.2, 0) is 4.18 Å². The van der Waals surface area contributed by atoms with Crippen molar-refractivity contribution in [1.82, 2.24) is 15.0 Å². The number of thiol groups is 1. The summed E-state index contributed by atoms with van der Waals surface area (Å²) < 4.78 is 9.87. The topological polar surface area (TPSA) is 74.2 Å². The second kappa shape index (κ2) is 9.33. The Morgan fingerprint density at radius 3 is 2.29 bits per heavy atom. The Labute approximate surface area is 201 Å². The maximum Gasteiger partial charge on any atom is 0.349 e. The van der Waals surface area contributed by atoms with Crippen LogP contribution in [0.4, 0.5) is 0 Å². The second-order valence-electron chi connectivity index (χ2n) is 7.54. The number of fused-ring (bicyclic) bond motifs is 1. The van der Waals surface area contributed by atoms with Crippen molar-refractivity contribution in [2.24, 2.45) is 0 Å². The van der Waals surface area contributed by atoms with Gasteiger partial charge in [-0.25, -0.2) is 14.8 Å². The zero-order valence-electron chi connectivity index (χ0n) is 18.2. The predicted octanol–water partition coefficient (Wildman–Crippen LogP) is 6.04. The summed E-state index contributed by atoms with van der Waals surface area (Å²) in [7, 11) is 1.63. The van der Waals surface area contributed by atoms with Crippen LogP contribution in [0.15, 0.2) is 91.1 Å². The van der Waals surface area contributed by atoms with Gasteiger partial charge in [-0.2, -0.15) is 0 Å². The molecule has 0 aliphatic carbocycles. The van der Waals surface area contributed by atoms with Gasteiger partial charge in [0.2, 0.25) is 0 Å². The molecule has 2 aromatic heterocycles. The van der Waals surface area contributed by atoms with Crippen molar-refractivity contribution >= 4 is 29.9 Å². The minimum absolute atomic E-state index is 0.418. The molecule has 6 nitrogen and oxygen atoms in total. The van der Waals surface area contributed by atoms with Crippen LogP contribution in [-0.4, -0.2) is 28.0 Å². The molecule has 0 unspecified atom stereocenters. The lowest BCUT2D eigenvalue weighted by atomic mass is 10.0. The Bertz CT molecular complexity index is 1490. The molecule has 0 fully saturated rings. The van der Waals surface area contributed by atoms with Crippen LogP contribution in [0.25, 0.3) is 44.8 Å². The van der Waals surface area contributed by atoms with Gasteiger partial charge in [0.1, 0.15) is 17.0 Å². The minimum atomic E-state index is -0.505. The zero-order valence-corrected chi connectivity index (χ0v) is 19.1. The molecule has 34 heavy (non-hydrogen) atoms. The molecule has 0 radical (unpaired) electrons. The molecule has 0 N–H and O–H groups in total. The van der Waals surface area contributed by atoms with Crippen molar-refractivity contribution in [2.75, 3.05) is 7.11 Å². The van der Waals surface area contributed by atoms with E-state index in [0.29, 0.717) is 22.4 Å². The molecular weight excluding hydrogens is 446 g/mol. The Kier molecular flexibility index (Phi) is 5.93. The molecule has 5 rings (SSSR count). The summed E-state index contributed by atoms with van der Waals surface area (Å²) in [5.41, 5.74) is 6.15. The summed E-state index contributed by atoms with van der Waals surface area (Å²) in [5, 5.41) is 0. The first-order chi connectivity index (χ1) is 16.7. The molecule has 0 aliphatic heterocycles. The molecule has 0 saturated heterocycles. The van der Waals surface area contributed by atoms with Gasteiger partial charge >= 0.3 is 5.97 Å². The van der Waals surface area contributed by atoms with E-state index >= 15 is 0 Å². The Balaban J connectivity index is 1.67. The number of hydrogen-bond donors (Lipinski definition) is 1. The highest BCUT2D eigenvalue weighted by Crippen LogP contribution is 2.31. The van der Waals surface area contributed by atoms with Crippen LogP contribution in [0.3, 0.4) is 0 Å². The third-order valence-corrected chi connectivity index (χ3v) is 5.61. The summed E-state index contributed by atoms with van der Waals surface area (Å²) in [6.07, 6.45) is 1.79. The van der Waals surface area contributed by atoms with Crippen molar-refractivity contribution in [3.05, 3.63) is 96.7 Å². The standard InChI is InChI=1S/C27H19N3O3S/c1-32-22-9-5-8-20(14-22)26-29-23-15-21(17-10-12-19(13-11-17)27(31)33-34)16-28-25(23)24(30-26)18-6-3-2-4-7-18/h2-16,34H,1H3. The number of rotatable bonds is 5. The fourth-order valence-corrected chi connectivity index (χ4v) is 3.82. The van der Waals surface area contributed by atoms with Gasteiger partial charge in [0.15, 0.2) is 5.82 Å². The van der Waals surface area contributed by atoms with Crippen molar-refractivity contribution in [2.45, 2.75) is 0 Å². The molecule has 3 aromatic carbocycles. The van der Waals surface area contributed by atoms with Gasteiger partial charge in [-0.05, 0) is 35.9 Å². The summed E-state index contributed by atoms with van der Waals surface area (Å²) >= 11 is 3.57. The molecule has 0 bridgehead atoms. The highest BCUT2D eigenvalue weighted by molar-refractivity contribution is 7.75. The first-order valence-corrected chi connectivity index (χ1v) is 10.9. The number of aromatic nitrogens is 3. The first kappa shape index (κ1) is 21.6. The average molecular weight is 466 g/mol. The quantitative estimate of drug-likeness (QED) is 0.252.